The lowest BCUT2D eigenvalue weighted by atomic mass is 9.87. The Kier molecular flexibility index (Phi) is 6.45. The third kappa shape index (κ3) is 4.99. The molecule has 0 bridgehead atoms. The molecule has 0 radical (unpaired) electrons. The van der Waals surface area contributed by atoms with Crippen LogP contribution in [0.2, 0.25) is 0 Å². The summed E-state index contributed by atoms with van der Waals surface area (Å²) in [5, 5.41) is 11.8. The van der Waals surface area contributed by atoms with Gasteiger partial charge in [0.15, 0.2) is 11.0 Å². The van der Waals surface area contributed by atoms with Gasteiger partial charge in [-0.3, -0.25) is 4.79 Å². The average molecular weight is 429 g/mol. The first-order valence-electron chi connectivity index (χ1n) is 9.45. The highest BCUT2D eigenvalue weighted by Gasteiger charge is 2.18. The summed E-state index contributed by atoms with van der Waals surface area (Å²) >= 11 is 1.28. The number of carbonyl (C=O) groups excluding carboxylic acids is 1. The van der Waals surface area contributed by atoms with E-state index < -0.39 is 0 Å². The molecule has 3 aromatic rings. The van der Waals surface area contributed by atoms with Gasteiger partial charge in [-0.15, -0.1) is 10.2 Å². The van der Waals surface area contributed by atoms with Crippen molar-refractivity contribution in [3.8, 4) is 17.1 Å². The van der Waals surface area contributed by atoms with Gasteiger partial charge in [0.25, 0.3) is 0 Å². The molecule has 0 saturated heterocycles. The summed E-state index contributed by atoms with van der Waals surface area (Å²) in [6.45, 7) is 6.34. The predicted molar refractivity (Wildman–Crippen MR) is 117 cm³/mol. The number of benzene rings is 2. The largest absolute Gasteiger partial charge is 0.495 e. The van der Waals surface area contributed by atoms with Gasteiger partial charge in [-0.1, -0.05) is 38.6 Å². The van der Waals surface area contributed by atoms with Gasteiger partial charge in [0.2, 0.25) is 5.91 Å². The number of carbonyl (C=O) groups is 1. The lowest BCUT2D eigenvalue weighted by molar-refractivity contribution is -0.113. The summed E-state index contributed by atoms with van der Waals surface area (Å²) in [5.74, 6) is 0.906. The van der Waals surface area contributed by atoms with Crippen LogP contribution in [-0.2, 0) is 17.3 Å². The van der Waals surface area contributed by atoms with Gasteiger partial charge in [0, 0.05) is 12.6 Å². The van der Waals surface area contributed by atoms with Crippen LogP contribution in [0.15, 0.2) is 47.6 Å². The number of rotatable bonds is 6. The topological polar surface area (TPSA) is 69.0 Å². The van der Waals surface area contributed by atoms with Crippen LogP contribution in [-0.4, -0.2) is 33.5 Å². The van der Waals surface area contributed by atoms with Crippen LogP contribution in [0.5, 0.6) is 5.75 Å². The van der Waals surface area contributed by atoms with E-state index in [1.165, 1.54) is 23.9 Å². The van der Waals surface area contributed by atoms with Crippen molar-refractivity contribution in [1.29, 1.82) is 0 Å². The summed E-state index contributed by atoms with van der Waals surface area (Å²) in [7, 11) is 3.39. The maximum Gasteiger partial charge on any atom is 0.234 e. The van der Waals surface area contributed by atoms with E-state index in [-0.39, 0.29) is 22.9 Å². The highest BCUT2D eigenvalue weighted by Crippen LogP contribution is 2.31. The van der Waals surface area contributed by atoms with Gasteiger partial charge in [-0.05, 0) is 47.4 Å². The van der Waals surface area contributed by atoms with Gasteiger partial charge >= 0.3 is 0 Å². The Bertz CT molecular complexity index is 1040. The standard InChI is InChI=1S/C22H25FN4O2S/c1-22(2,3)15-8-11-18(29-5)17(12-15)24-19(28)13-30-21-26-25-20(27(21)4)14-6-9-16(23)10-7-14/h6-12H,13H2,1-5H3,(H,24,28). The molecule has 0 aliphatic carbocycles. The molecule has 0 aliphatic rings. The van der Waals surface area contributed by atoms with Crippen LogP contribution in [0.3, 0.4) is 0 Å². The van der Waals surface area contributed by atoms with Gasteiger partial charge < -0.3 is 14.6 Å². The van der Waals surface area contributed by atoms with Crippen LogP contribution >= 0.6 is 11.8 Å². The van der Waals surface area contributed by atoms with Crippen LogP contribution < -0.4 is 10.1 Å². The van der Waals surface area contributed by atoms with Crippen molar-refractivity contribution in [1.82, 2.24) is 14.8 Å². The van der Waals surface area contributed by atoms with Crippen molar-refractivity contribution in [2.24, 2.45) is 7.05 Å². The minimum Gasteiger partial charge on any atom is -0.495 e. The Morgan fingerprint density at radius 1 is 1.17 bits per heavy atom. The second-order valence-corrected chi connectivity index (χ2v) is 8.82. The Morgan fingerprint density at radius 2 is 1.87 bits per heavy atom. The molecule has 0 aliphatic heterocycles. The molecule has 158 valence electrons. The number of hydrogen-bond donors (Lipinski definition) is 1. The smallest absolute Gasteiger partial charge is 0.234 e. The summed E-state index contributed by atoms with van der Waals surface area (Å²) < 4.78 is 20.3. The number of amides is 1. The first-order valence-corrected chi connectivity index (χ1v) is 10.4. The molecule has 2 aromatic carbocycles. The van der Waals surface area contributed by atoms with Crippen molar-refractivity contribution in [2.75, 3.05) is 18.2 Å². The summed E-state index contributed by atoms with van der Waals surface area (Å²) in [4.78, 5) is 12.6. The molecule has 0 fully saturated rings. The van der Waals surface area contributed by atoms with E-state index in [0.717, 1.165) is 11.1 Å². The fourth-order valence-corrected chi connectivity index (χ4v) is 3.59. The maximum absolute atomic E-state index is 13.1. The molecule has 1 heterocycles. The second-order valence-electron chi connectivity index (χ2n) is 7.87. The first-order chi connectivity index (χ1) is 14.2. The molecule has 1 aromatic heterocycles. The molecule has 0 spiro atoms. The second kappa shape index (κ2) is 8.87. The van der Waals surface area contributed by atoms with E-state index in [2.05, 4.69) is 36.3 Å². The molecule has 0 atom stereocenters. The maximum atomic E-state index is 13.1. The van der Waals surface area contributed by atoms with E-state index >= 15 is 0 Å². The molecule has 30 heavy (non-hydrogen) atoms. The molecule has 0 unspecified atom stereocenters. The number of ether oxygens (including phenoxy) is 1. The van der Waals surface area contributed by atoms with Gasteiger partial charge in [0.05, 0.1) is 18.6 Å². The fraction of sp³-hybridized carbons (Fsp3) is 0.318. The molecule has 1 amide bonds. The van der Waals surface area contributed by atoms with Crippen molar-refractivity contribution < 1.29 is 13.9 Å². The minimum absolute atomic E-state index is 0.0458. The Labute approximate surface area is 179 Å². The number of methoxy groups -OCH3 is 1. The number of halogens is 1. The zero-order chi connectivity index (χ0) is 21.9. The predicted octanol–water partition coefficient (Wildman–Crippen LogP) is 4.66. The number of nitrogens with one attached hydrogen (secondary N) is 1. The first kappa shape index (κ1) is 21.8. The molecular formula is C22H25FN4O2S. The zero-order valence-corrected chi connectivity index (χ0v) is 18.5. The van der Waals surface area contributed by atoms with Crippen LogP contribution in [0.25, 0.3) is 11.4 Å². The normalized spacial score (nSPS) is 11.4. The summed E-state index contributed by atoms with van der Waals surface area (Å²) in [6, 6.07) is 11.9. The SMILES string of the molecule is COc1ccc(C(C)(C)C)cc1NC(=O)CSc1nnc(-c2ccc(F)cc2)n1C. The molecular weight excluding hydrogens is 403 g/mol. The number of hydrogen-bond acceptors (Lipinski definition) is 5. The van der Waals surface area contributed by atoms with Crippen LogP contribution in [0, 0.1) is 5.82 Å². The third-order valence-electron chi connectivity index (χ3n) is 4.61. The van der Waals surface area contributed by atoms with Crippen molar-refractivity contribution in [2.45, 2.75) is 31.3 Å². The Hall–Kier alpha value is -2.87. The highest BCUT2D eigenvalue weighted by molar-refractivity contribution is 7.99. The van der Waals surface area contributed by atoms with Gasteiger partial charge in [-0.25, -0.2) is 4.39 Å². The van der Waals surface area contributed by atoms with E-state index in [9.17, 15) is 9.18 Å². The van der Waals surface area contributed by atoms with E-state index in [4.69, 9.17) is 4.74 Å². The number of anilines is 1. The molecule has 8 heteroatoms. The van der Waals surface area contributed by atoms with Gasteiger partial charge in [0.1, 0.15) is 11.6 Å². The van der Waals surface area contributed by atoms with Crippen LogP contribution in [0.4, 0.5) is 10.1 Å². The summed E-state index contributed by atoms with van der Waals surface area (Å²) in [5.41, 5.74) is 2.45. The summed E-state index contributed by atoms with van der Waals surface area (Å²) in [6.07, 6.45) is 0. The van der Waals surface area contributed by atoms with Gasteiger partial charge in [-0.2, -0.15) is 0 Å². The molecule has 6 nitrogen and oxygen atoms in total. The third-order valence-corrected chi connectivity index (χ3v) is 5.63. The van der Waals surface area contributed by atoms with Crippen LogP contribution in [0.1, 0.15) is 26.3 Å². The molecule has 1 N–H and O–H groups in total. The molecule has 0 saturated carbocycles. The molecule has 3 rings (SSSR count). The van der Waals surface area contributed by atoms with E-state index in [0.29, 0.717) is 22.4 Å². The number of aromatic nitrogens is 3. The Morgan fingerprint density at radius 3 is 2.50 bits per heavy atom. The lowest BCUT2D eigenvalue weighted by Gasteiger charge is -2.21. The van der Waals surface area contributed by atoms with E-state index in [1.54, 1.807) is 23.8 Å². The highest BCUT2D eigenvalue weighted by atomic mass is 32.2. The Balaban J connectivity index is 1.69. The van der Waals surface area contributed by atoms with Crippen molar-refractivity contribution >= 4 is 23.4 Å². The lowest BCUT2D eigenvalue weighted by Crippen LogP contribution is -2.17. The quantitative estimate of drug-likeness (QED) is 0.579. The van der Waals surface area contributed by atoms with Crippen molar-refractivity contribution in [3.05, 3.63) is 53.8 Å². The average Bonchev–Trinajstić information content (AvgIpc) is 3.06. The number of thioether (sulfide) groups is 1. The number of nitrogens with zero attached hydrogens (tertiary/aromatic N) is 3. The monoisotopic (exact) mass is 428 g/mol. The minimum atomic E-state index is -0.307. The fourth-order valence-electron chi connectivity index (χ4n) is 2.88. The zero-order valence-electron chi connectivity index (χ0n) is 17.7. The van der Waals surface area contributed by atoms with E-state index in [1.807, 2.05) is 25.2 Å². The van der Waals surface area contributed by atoms with Crippen molar-refractivity contribution in [3.63, 3.8) is 0 Å².